The molecule has 0 aliphatic carbocycles. The fraction of sp³-hybridized carbons (Fsp3) is 0.333. The quantitative estimate of drug-likeness (QED) is 0.806. The van der Waals surface area contributed by atoms with Gasteiger partial charge in [-0.1, -0.05) is 17.7 Å². The van der Waals surface area contributed by atoms with Gasteiger partial charge in [0, 0.05) is 43.0 Å². The molecule has 4 nitrogen and oxygen atoms in total. The van der Waals surface area contributed by atoms with E-state index < -0.39 is 0 Å². The number of amides is 1. The topological polar surface area (TPSA) is 40.6 Å². The molecule has 1 aliphatic rings. The fourth-order valence-corrected chi connectivity index (χ4v) is 3.26. The lowest BCUT2D eigenvalue weighted by molar-refractivity contribution is 0.0746. The maximum absolute atomic E-state index is 12.6. The molecule has 1 saturated heterocycles. The summed E-state index contributed by atoms with van der Waals surface area (Å²) in [4.78, 5) is 28.3. The molecule has 4 heteroatoms. The van der Waals surface area contributed by atoms with Crippen LogP contribution >= 0.6 is 0 Å². The SMILES string of the molecule is CC(=O)c1ccc(N2CCN(C(=O)c3ccc(C)cc3)CC2)c(C)c1. The van der Waals surface area contributed by atoms with Crippen LogP contribution in [0.25, 0.3) is 0 Å². The Labute approximate surface area is 149 Å². The van der Waals surface area contributed by atoms with E-state index >= 15 is 0 Å². The number of anilines is 1. The molecular weight excluding hydrogens is 312 g/mol. The van der Waals surface area contributed by atoms with E-state index in [1.165, 1.54) is 0 Å². The monoisotopic (exact) mass is 336 g/mol. The maximum atomic E-state index is 12.6. The Bertz CT molecular complexity index is 788. The first-order valence-electron chi connectivity index (χ1n) is 8.68. The van der Waals surface area contributed by atoms with Crippen LogP contribution in [0.5, 0.6) is 0 Å². The summed E-state index contributed by atoms with van der Waals surface area (Å²) < 4.78 is 0. The van der Waals surface area contributed by atoms with Gasteiger partial charge in [0.2, 0.25) is 0 Å². The second-order valence-corrected chi connectivity index (χ2v) is 6.70. The molecule has 25 heavy (non-hydrogen) atoms. The van der Waals surface area contributed by atoms with Crippen molar-refractivity contribution in [2.24, 2.45) is 0 Å². The molecule has 0 radical (unpaired) electrons. The van der Waals surface area contributed by atoms with Crippen LogP contribution < -0.4 is 4.90 Å². The van der Waals surface area contributed by atoms with Crippen molar-refractivity contribution in [2.45, 2.75) is 20.8 Å². The van der Waals surface area contributed by atoms with E-state index in [0.29, 0.717) is 13.1 Å². The van der Waals surface area contributed by atoms with Crippen molar-refractivity contribution in [2.75, 3.05) is 31.1 Å². The standard InChI is InChI=1S/C21H24N2O2/c1-15-4-6-18(7-5-15)21(25)23-12-10-22(11-13-23)20-9-8-19(17(3)24)14-16(20)2/h4-9,14H,10-13H2,1-3H3. The highest BCUT2D eigenvalue weighted by Crippen LogP contribution is 2.23. The molecule has 2 aromatic carbocycles. The van der Waals surface area contributed by atoms with Crippen LogP contribution in [0.4, 0.5) is 5.69 Å². The number of carbonyl (C=O) groups is 2. The van der Waals surface area contributed by atoms with E-state index in [2.05, 4.69) is 4.90 Å². The van der Waals surface area contributed by atoms with Crippen molar-refractivity contribution < 1.29 is 9.59 Å². The lowest BCUT2D eigenvalue weighted by atomic mass is 10.1. The summed E-state index contributed by atoms with van der Waals surface area (Å²) >= 11 is 0. The molecule has 2 aromatic rings. The Morgan fingerprint density at radius 3 is 2.00 bits per heavy atom. The normalized spacial score (nSPS) is 14.5. The van der Waals surface area contributed by atoms with Crippen molar-refractivity contribution in [1.82, 2.24) is 4.90 Å². The summed E-state index contributed by atoms with van der Waals surface area (Å²) in [5, 5.41) is 0. The predicted octanol–water partition coefficient (Wildman–Crippen LogP) is 3.47. The number of piperazine rings is 1. The van der Waals surface area contributed by atoms with Crippen molar-refractivity contribution in [3.8, 4) is 0 Å². The van der Waals surface area contributed by atoms with Gasteiger partial charge in [-0.25, -0.2) is 0 Å². The lowest BCUT2D eigenvalue weighted by Gasteiger charge is -2.37. The average Bonchev–Trinajstić information content (AvgIpc) is 2.62. The third-order valence-electron chi connectivity index (χ3n) is 4.81. The number of Topliss-reactive ketones (excluding diaryl/α,β-unsaturated/α-hetero) is 1. The van der Waals surface area contributed by atoms with Gasteiger partial charge in [-0.05, 0) is 56.7 Å². The van der Waals surface area contributed by atoms with E-state index in [1.54, 1.807) is 6.92 Å². The second kappa shape index (κ2) is 7.09. The van der Waals surface area contributed by atoms with Gasteiger partial charge in [-0.15, -0.1) is 0 Å². The van der Waals surface area contributed by atoms with Crippen LogP contribution in [0.15, 0.2) is 42.5 Å². The van der Waals surface area contributed by atoms with Gasteiger partial charge in [-0.3, -0.25) is 9.59 Å². The Hall–Kier alpha value is -2.62. The molecule has 0 spiro atoms. The number of carbonyl (C=O) groups excluding carboxylic acids is 2. The average molecular weight is 336 g/mol. The Kier molecular flexibility index (Phi) is 4.88. The Morgan fingerprint density at radius 1 is 0.840 bits per heavy atom. The zero-order valence-electron chi connectivity index (χ0n) is 15.1. The van der Waals surface area contributed by atoms with E-state index in [0.717, 1.165) is 41.0 Å². The lowest BCUT2D eigenvalue weighted by Crippen LogP contribution is -2.49. The summed E-state index contributed by atoms with van der Waals surface area (Å²) in [5.41, 5.74) is 4.90. The highest BCUT2D eigenvalue weighted by molar-refractivity contribution is 5.95. The van der Waals surface area contributed by atoms with Crippen LogP contribution in [0.3, 0.4) is 0 Å². The van der Waals surface area contributed by atoms with Gasteiger partial charge in [0.1, 0.15) is 0 Å². The third-order valence-corrected chi connectivity index (χ3v) is 4.81. The molecular formula is C21H24N2O2. The number of rotatable bonds is 3. The first-order valence-corrected chi connectivity index (χ1v) is 8.68. The van der Waals surface area contributed by atoms with Crippen molar-refractivity contribution in [3.63, 3.8) is 0 Å². The second-order valence-electron chi connectivity index (χ2n) is 6.70. The summed E-state index contributed by atoms with van der Waals surface area (Å²) in [7, 11) is 0. The number of hydrogen-bond donors (Lipinski definition) is 0. The number of ketones is 1. The van der Waals surface area contributed by atoms with Crippen LogP contribution in [-0.4, -0.2) is 42.8 Å². The molecule has 0 bridgehead atoms. The molecule has 1 fully saturated rings. The van der Waals surface area contributed by atoms with Gasteiger partial charge in [0.05, 0.1) is 0 Å². The highest BCUT2D eigenvalue weighted by atomic mass is 16.2. The first-order chi connectivity index (χ1) is 12.0. The smallest absolute Gasteiger partial charge is 0.253 e. The van der Waals surface area contributed by atoms with E-state index in [1.807, 2.05) is 61.2 Å². The molecule has 3 rings (SSSR count). The summed E-state index contributed by atoms with van der Waals surface area (Å²) in [6.07, 6.45) is 0. The first kappa shape index (κ1) is 17.2. The molecule has 0 saturated carbocycles. The minimum atomic E-state index is 0.0863. The molecule has 0 aromatic heterocycles. The molecule has 1 amide bonds. The molecule has 130 valence electrons. The zero-order valence-corrected chi connectivity index (χ0v) is 15.1. The molecule has 1 heterocycles. The Morgan fingerprint density at radius 2 is 1.44 bits per heavy atom. The van der Waals surface area contributed by atoms with Crippen LogP contribution in [0.2, 0.25) is 0 Å². The van der Waals surface area contributed by atoms with E-state index in [-0.39, 0.29) is 11.7 Å². The van der Waals surface area contributed by atoms with Crippen molar-refractivity contribution in [3.05, 3.63) is 64.7 Å². The largest absolute Gasteiger partial charge is 0.368 e. The molecule has 0 atom stereocenters. The zero-order chi connectivity index (χ0) is 18.0. The molecule has 1 aliphatic heterocycles. The number of hydrogen-bond acceptors (Lipinski definition) is 3. The van der Waals surface area contributed by atoms with Crippen LogP contribution in [0, 0.1) is 13.8 Å². The minimum absolute atomic E-state index is 0.0863. The number of benzene rings is 2. The Balaban J connectivity index is 1.66. The van der Waals surface area contributed by atoms with Gasteiger partial charge < -0.3 is 9.80 Å². The number of aryl methyl sites for hydroxylation is 2. The van der Waals surface area contributed by atoms with Crippen LogP contribution in [-0.2, 0) is 0 Å². The fourth-order valence-electron chi connectivity index (χ4n) is 3.26. The van der Waals surface area contributed by atoms with Gasteiger partial charge >= 0.3 is 0 Å². The van der Waals surface area contributed by atoms with Gasteiger partial charge in [0.15, 0.2) is 5.78 Å². The van der Waals surface area contributed by atoms with E-state index in [9.17, 15) is 9.59 Å². The third kappa shape index (κ3) is 3.73. The van der Waals surface area contributed by atoms with Crippen molar-refractivity contribution in [1.29, 1.82) is 0 Å². The summed E-state index contributed by atoms with van der Waals surface area (Å²) in [6.45, 7) is 8.67. The summed E-state index contributed by atoms with van der Waals surface area (Å²) in [5.74, 6) is 0.187. The molecule has 0 N–H and O–H groups in total. The number of nitrogens with zero attached hydrogens (tertiary/aromatic N) is 2. The highest BCUT2D eigenvalue weighted by Gasteiger charge is 2.23. The van der Waals surface area contributed by atoms with Gasteiger partial charge in [-0.2, -0.15) is 0 Å². The predicted molar refractivity (Wildman–Crippen MR) is 100 cm³/mol. The minimum Gasteiger partial charge on any atom is -0.368 e. The van der Waals surface area contributed by atoms with Crippen LogP contribution in [0.1, 0.15) is 38.8 Å². The van der Waals surface area contributed by atoms with Gasteiger partial charge in [0.25, 0.3) is 5.91 Å². The molecule has 0 unspecified atom stereocenters. The maximum Gasteiger partial charge on any atom is 0.253 e. The van der Waals surface area contributed by atoms with Crippen molar-refractivity contribution >= 4 is 17.4 Å². The van der Waals surface area contributed by atoms with E-state index in [4.69, 9.17) is 0 Å². The summed E-state index contributed by atoms with van der Waals surface area (Å²) in [6, 6.07) is 13.6.